The minimum Gasteiger partial charge on any atom is -0.408 e. The molecule has 0 unspecified atom stereocenters. The van der Waals surface area contributed by atoms with Crippen molar-refractivity contribution in [2.75, 3.05) is 4.72 Å². The number of aromatic nitrogens is 1. The van der Waals surface area contributed by atoms with Gasteiger partial charge >= 0.3 is 5.76 Å². The number of benzene rings is 2. The second kappa shape index (κ2) is 5.50. The molecule has 0 fully saturated rings. The van der Waals surface area contributed by atoms with Crippen LogP contribution < -0.4 is 10.5 Å². The molecule has 3 aromatic rings. The summed E-state index contributed by atoms with van der Waals surface area (Å²) in [6.07, 6.45) is 0. The Morgan fingerprint density at radius 3 is 2.81 bits per heavy atom. The molecular formula is C15H13ClN2O2S. The molecular weight excluding hydrogens is 308 g/mol. The summed E-state index contributed by atoms with van der Waals surface area (Å²) < 4.78 is 9.91. The van der Waals surface area contributed by atoms with Crippen molar-refractivity contribution in [3.63, 3.8) is 0 Å². The largest absolute Gasteiger partial charge is 0.419 e. The molecule has 0 aliphatic carbocycles. The fraction of sp³-hybridized carbons (Fsp3) is 0.133. The summed E-state index contributed by atoms with van der Waals surface area (Å²) in [5.74, 6) is -0.353. The van der Waals surface area contributed by atoms with Crippen molar-refractivity contribution in [1.29, 1.82) is 0 Å². The molecule has 1 heterocycles. The lowest BCUT2D eigenvalue weighted by molar-refractivity contribution is 0.527. The average Bonchev–Trinajstić information content (AvgIpc) is 2.75. The molecule has 0 spiro atoms. The van der Waals surface area contributed by atoms with Gasteiger partial charge in [0.05, 0.1) is 5.52 Å². The third-order valence-electron chi connectivity index (χ3n) is 3.21. The van der Waals surface area contributed by atoms with E-state index in [1.165, 1.54) is 16.5 Å². The number of hydrogen-bond acceptors (Lipinski definition) is 4. The minimum atomic E-state index is -0.353. The number of hydrogen-bond donors (Lipinski definition) is 1. The first kappa shape index (κ1) is 14.1. The van der Waals surface area contributed by atoms with Gasteiger partial charge < -0.3 is 9.14 Å². The maximum atomic E-state index is 11.5. The van der Waals surface area contributed by atoms with Gasteiger partial charge in [0.15, 0.2) is 5.58 Å². The van der Waals surface area contributed by atoms with Crippen LogP contribution in [0.1, 0.15) is 5.56 Å². The van der Waals surface area contributed by atoms with Crippen LogP contribution in [0.25, 0.3) is 11.1 Å². The molecule has 3 rings (SSSR count). The third kappa shape index (κ3) is 2.80. The van der Waals surface area contributed by atoms with E-state index in [2.05, 4.69) is 4.72 Å². The average molecular weight is 321 g/mol. The molecule has 0 amide bonds. The van der Waals surface area contributed by atoms with E-state index in [0.717, 1.165) is 26.7 Å². The van der Waals surface area contributed by atoms with E-state index in [0.29, 0.717) is 5.58 Å². The van der Waals surface area contributed by atoms with Gasteiger partial charge in [-0.3, -0.25) is 4.57 Å². The van der Waals surface area contributed by atoms with Crippen molar-refractivity contribution < 1.29 is 4.42 Å². The first-order chi connectivity index (χ1) is 10.0. The van der Waals surface area contributed by atoms with Crippen molar-refractivity contribution in [3.8, 4) is 0 Å². The van der Waals surface area contributed by atoms with E-state index in [-0.39, 0.29) is 5.76 Å². The Balaban J connectivity index is 1.81. The van der Waals surface area contributed by atoms with Crippen molar-refractivity contribution in [2.24, 2.45) is 7.05 Å². The van der Waals surface area contributed by atoms with E-state index in [9.17, 15) is 4.79 Å². The van der Waals surface area contributed by atoms with Gasteiger partial charge in [0.1, 0.15) is 0 Å². The van der Waals surface area contributed by atoms with Crippen molar-refractivity contribution in [3.05, 3.63) is 57.5 Å². The number of rotatable bonds is 3. The zero-order valence-electron chi connectivity index (χ0n) is 11.5. The Morgan fingerprint density at radius 1 is 1.24 bits per heavy atom. The summed E-state index contributed by atoms with van der Waals surface area (Å²) >= 11 is 7.46. The number of halogens is 1. The van der Waals surface area contributed by atoms with Gasteiger partial charge in [-0.1, -0.05) is 11.6 Å². The van der Waals surface area contributed by atoms with Gasteiger partial charge in [-0.15, -0.1) is 0 Å². The number of nitrogens with one attached hydrogen (secondary N) is 1. The molecule has 1 N–H and O–H groups in total. The maximum Gasteiger partial charge on any atom is 0.419 e. The summed E-state index contributed by atoms with van der Waals surface area (Å²) in [5, 5.41) is 0.748. The highest BCUT2D eigenvalue weighted by molar-refractivity contribution is 8.00. The monoisotopic (exact) mass is 320 g/mol. The Labute approximate surface area is 130 Å². The van der Waals surface area contributed by atoms with Gasteiger partial charge in [0.2, 0.25) is 0 Å². The van der Waals surface area contributed by atoms with Gasteiger partial charge in [0, 0.05) is 22.7 Å². The Kier molecular flexibility index (Phi) is 3.69. The van der Waals surface area contributed by atoms with Crippen LogP contribution in [-0.2, 0) is 7.05 Å². The number of anilines is 1. The highest BCUT2D eigenvalue weighted by atomic mass is 35.5. The van der Waals surface area contributed by atoms with Crippen LogP contribution in [0, 0.1) is 6.92 Å². The van der Waals surface area contributed by atoms with Crippen LogP contribution in [-0.4, -0.2) is 4.57 Å². The zero-order chi connectivity index (χ0) is 15.0. The fourth-order valence-corrected chi connectivity index (χ4v) is 2.79. The molecule has 4 nitrogen and oxygen atoms in total. The van der Waals surface area contributed by atoms with Gasteiger partial charge in [0.25, 0.3) is 0 Å². The molecule has 0 saturated carbocycles. The highest BCUT2D eigenvalue weighted by Gasteiger charge is 2.07. The number of nitrogens with zero attached hydrogens (tertiary/aromatic N) is 1. The highest BCUT2D eigenvalue weighted by Crippen LogP contribution is 2.26. The van der Waals surface area contributed by atoms with Crippen LogP contribution in [0.4, 0.5) is 5.69 Å². The van der Waals surface area contributed by atoms with Crippen LogP contribution in [0.5, 0.6) is 0 Å². The minimum absolute atomic E-state index is 0.353. The molecule has 0 aliphatic rings. The summed E-state index contributed by atoms with van der Waals surface area (Å²) in [4.78, 5) is 12.4. The normalized spacial score (nSPS) is 11.0. The SMILES string of the molecule is Cc1cc(NSc2ccc3c(c2)oc(=O)n3C)ccc1Cl. The van der Waals surface area contributed by atoms with Crippen LogP contribution in [0.3, 0.4) is 0 Å². The zero-order valence-corrected chi connectivity index (χ0v) is 13.1. The molecule has 21 heavy (non-hydrogen) atoms. The van der Waals surface area contributed by atoms with Gasteiger partial charge in [-0.25, -0.2) is 4.79 Å². The smallest absolute Gasteiger partial charge is 0.408 e. The number of fused-ring (bicyclic) bond motifs is 1. The first-order valence-electron chi connectivity index (χ1n) is 6.33. The second-order valence-corrected chi connectivity index (χ2v) is 6.01. The number of oxazole rings is 1. The molecule has 0 radical (unpaired) electrons. The lowest BCUT2D eigenvalue weighted by Crippen LogP contribution is -2.08. The molecule has 2 aromatic carbocycles. The fourth-order valence-electron chi connectivity index (χ4n) is 2.00. The summed E-state index contributed by atoms with van der Waals surface area (Å²) in [6, 6.07) is 11.4. The molecule has 0 atom stereocenters. The summed E-state index contributed by atoms with van der Waals surface area (Å²) in [5.41, 5.74) is 3.36. The van der Waals surface area contributed by atoms with Gasteiger partial charge in [-0.05, 0) is 60.8 Å². The van der Waals surface area contributed by atoms with E-state index in [4.69, 9.17) is 16.0 Å². The Hall–Kier alpha value is -1.85. The molecule has 0 saturated heterocycles. The van der Waals surface area contributed by atoms with Crippen molar-refractivity contribution >= 4 is 40.3 Å². The van der Waals surface area contributed by atoms with Gasteiger partial charge in [-0.2, -0.15) is 0 Å². The molecule has 108 valence electrons. The standard InChI is InChI=1S/C15H13ClN2O2S/c1-9-7-10(3-5-12(9)16)17-21-11-4-6-13-14(8-11)20-15(19)18(13)2/h3-8,17H,1-2H3. The second-order valence-electron chi connectivity index (χ2n) is 4.72. The van der Waals surface area contributed by atoms with Crippen LogP contribution in [0.2, 0.25) is 5.02 Å². The topological polar surface area (TPSA) is 47.2 Å². The molecule has 1 aromatic heterocycles. The molecule has 6 heteroatoms. The Morgan fingerprint density at radius 2 is 2.05 bits per heavy atom. The summed E-state index contributed by atoms with van der Waals surface area (Å²) in [6.45, 7) is 1.96. The predicted molar refractivity (Wildman–Crippen MR) is 87.1 cm³/mol. The van der Waals surface area contributed by atoms with Crippen molar-refractivity contribution in [1.82, 2.24) is 4.57 Å². The Bertz CT molecular complexity index is 870. The maximum absolute atomic E-state index is 11.5. The van der Waals surface area contributed by atoms with E-state index in [1.54, 1.807) is 7.05 Å². The molecule has 0 bridgehead atoms. The number of aryl methyl sites for hydroxylation is 2. The predicted octanol–water partition coefficient (Wildman–Crippen LogP) is 4.21. The third-order valence-corrected chi connectivity index (χ3v) is 4.46. The lowest BCUT2D eigenvalue weighted by Gasteiger charge is -2.07. The van der Waals surface area contributed by atoms with E-state index in [1.807, 2.05) is 43.3 Å². The van der Waals surface area contributed by atoms with Crippen LogP contribution in [0.15, 0.2) is 50.5 Å². The quantitative estimate of drug-likeness (QED) is 0.734. The lowest BCUT2D eigenvalue weighted by atomic mass is 10.2. The van der Waals surface area contributed by atoms with Crippen molar-refractivity contribution in [2.45, 2.75) is 11.8 Å². The van der Waals surface area contributed by atoms with E-state index >= 15 is 0 Å². The summed E-state index contributed by atoms with van der Waals surface area (Å²) in [7, 11) is 1.69. The van der Waals surface area contributed by atoms with Crippen LogP contribution >= 0.6 is 23.5 Å². The first-order valence-corrected chi connectivity index (χ1v) is 7.52. The molecule has 0 aliphatic heterocycles. The van der Waals surface area contributed by atoms with E-state index < -0.39 is 0 Å².